The van der Waals surface area contributed by atoms with Gasteiger partial charge >= 0.3 is 0 Å². The average Bonchev–Trinajstić information content (AvgIpc) is 2.52. The van der Waals surface area contributed by atoms with E-state index in [1.165, 1.54) is 0 Å². The first kappa shape index (κ1) is 21.7. The van der Waals surface area contributed by atoms with Gasteiger partial charge in [0.25, 0.3) is 0 Å². The number of likely N-dealkylation sites (N-methyl/N-ethyl adjacent to an activating group) is 1. The van der Waals surface area contributed by atoms with Gasteiger partial charge in [-0.15, -0.1) is 12.4 Å². The van der Waals surface area contributed by atoms with Crippen molar-refractivity contribution >= 4 is 18.3 Å². The van der Waals surface area contributed by atoms with Crippen LogP contribution in [0.1, 0.15) is 32.8 Å². The van der Waals surface area contributed by atoms with Crippen LogP contribution in [0.3, 0.4) is 0 Å². The predicted octanol–water partition coefficient (Wildman–Crippen LogP) is 2.52. The number of halogens is 1. The first-order chi connectivity index (χ1) is 11.3. The van der Waals surface area contributed by atoms with Crippen LogP contribution in [0.15, 0.2) is 24.3 Å². The second kappa shape index (κ2) is 9.41. The summed E-state index contributed by atoms with van der Waals surface area (Å²) in [6.45, 7) is 9.83. The molecule has 1 unspecified atom stereocenters. The number of rotatable bonds is 6. The summed E-state index contributed by atoms with van der Waals surface area (Å²) in [5, 5.41) is 0. The van der Waals surface area contributed by atoms with Crippen molar-refractivity contribution < 1.29 is 9.53 Å². The van der Waals surface area contributed by atoms with Crippen LogP contribution >= 0.6 is 12.4 Å². The van der Waals surface area contributed by atoms with Crippen molar-refractivity contribution in [3.05, 3.63) is 29.8 Å². The van der Waals surface area contributed by atoms with Crippen LogP contribution in [0.4, 0.5) is 0 Å². The molecule has 1 saturated heterocycles. The molecule has 6 heteroatoms. The van der Waals surface area contributed by atoms with E-state index in [2.05, 4.69) is 18.7 Å². The Morgan fingerprint density at radius 3 is 2.56 bits per heavy atom. The van der Waals surface area contributed by atoms with Gasteiger partial charge in [-0.3, -0.25) is 9.69 Å². The Hall–Kier alpha value is -1.30. The summed E-state index contributed by atoms with van der Waals surface area (Å²) in [7, 11) is 1.86. The third-order valence-electron chi connectivity index (χ3n) is 4.83. The molecule has 142 valence electrons. The molecule has 25 heavy (non-hydrogen) atoms. The molecule has 5 nitrogen and oxygen atoms in total. The summed E-state index contributed by atoms with van der Waals surface area (Å²) in [6, 6.07) is 8.14. The Kier molecular flexibility index (Phi) is 8.19. The Bertz CT molecular complexity index is 548. The molecule has 1 aliphatic rings. The molecule has 2 N–H and O–H groups in total. The van der Waals surface area contributed by atoms with Gasteiger partial charge in [0.2, 0.25) is 5.91 Å². The monoisotopic (exact) mass is 369 g/mol. The lowest BCUT2D eigenvalue weighted by Gasteiger charge is -2.42. The molecule has 0 bridgehead atoms. The molecule has 1 aromatic rings. The van der Waals surface area contributed by atoms with E-state index < -0.39 is 0 Å². The molecule has 1 heterocycles. The predicted molar refractivity (Wildman–Crippen MR) is 104 cm³/mol. The highest BCUT2D eigenvalue weighted by molar-refractivity contribution is 5.85. The minimum atomic E-state index is 0. The first-order valence-electron chi connectivity index (χ1n) is 8.75. The molecule has 1 fully saturated rings. The Balaban J connectivity index is 0.00000312. The van der Waals surface area contributed by atoms with Gasteiger partial charge in [-0.25, -0.2) is 0 Å². The fraction of sp³-hybridized carbons (Fsp3) is 0.632. The third-order valence-corrected chi connectivity index (χ3v) is 4.83. The second-order valence-electron chi connectivity index (χ2n) is 7.42. The normalized spacial score (nSPS) is 19.8. The molecule has 1 aromatic carbocycles. The van der Waals surface area contributed by atoms with E-state index in [9.17, 15) is 4.79 Å². The van der Waals surface area contributed by atoms with Crippen molar-refractivity contribution in [1.82, 2.24) is 9.80 Å². The van der Waals surface area contributed by atoms with E-state index in [4.69, 9.17) is 10.5 Å². The van der Waals surface area contributed by atoms with Gasteiger partial charge in [0.1, 0.15) is 5.75 Å². The number of carbonyl (C=O) groups excluding carboxylic acids is 1. The first-order valence-corrected chi connectivity index (χ1v) is 8.75. The van der Waals surface area contributed by atoms with Crippen LogP contribution < -0.4 is 10.5 Å². The number of amides is 1. The summed E-state index contributed by atoms with van der Waals surface area (Å²) < 4.78 is 5.44. The smallest absolute Gasteiger partial charge is 0.236 e. The van der Waals surface area contributed by atoms with Gasteiger partial charge in [0, 0.05) is 32.7 Å². The van der Waals surface area contributed by atoms with E-state index in [0.29, 0.717) is 19.7 Å². The van der Waals surface area contributed by atoms with Crippen molar-refractivity contribution in [2.75, 3.05) is 33.3 Å². The van der Waals surface area contributed by atoms with Gasteiger partial charge in [0.05, 0.1) is 13.2 Å². The summed E-state index contributed by atoms with van der Waals surface area (Å²) in [6.07, 6.45) is 0.947. The maximum Gasteiger partial charge on any atom is 0.236 e. The van der Waals surface area contributed by atoms with Crippen molar-refractivity contribution in [2.45, 2.75) is 39.8 Å². The Morgan fingerprint density at radius 1 is 1.36 bits per heavy atom. The number of nitrogens with zero attached hydrogens (tertiary/aromatic N) is 2. The number of carbonyl (C=O) groups is 1. The van der Waals surface area contributed by atoms with E-state index in [1.54, 1.807) is 4.90 Å². The summed E-state index contributed by atoms with van der Waals surface area (Å²) >= 11 is 0. The molecule has 1 atom stereocenters. The zero-order chi connectivity index (χ0) is 17.7. The highest BCUT2D eigenvalue weighted by Gasteiger charge is 2.34. The maximum absolute atomic E-state index is 12.5. The number of piperidine rings is 1. The van der Waals surface area contributed by atoms with E-state index in [-0.39, 0.29) is 29.8 Å². The number of ether oxygens (including phenoxy) is 1. The maximum atomic E-state index is 12.5. The average molecular weight is 370 g/mol. The van der Waals surface area contributed by atoms with Crippen LogP contribution in [-0.2, 0) is 11.3 Å². The highest BCUT2D eigenvalue weighted by Crippen LogP contribution is 2.27. The Labute approximate surface area is 157 Å². The highest BCUT2D eigenvalue weighted by atomic mass is 35.5. The molecular formula is C19H32ClN3O2. The molecule has 1 aliphatic heterocycles. The lowest BCUT2D eigenvalue weighted by molar-refractivity contribution is -0.132. The molecule has 2 rings (SSSR count). The number of nitrogens with two attached hydrogens (primary N) is 1. The number of benzene rings is 1. The molecule has 0 aromatic heterocycles. The fourth-order valence-electron chi connectivity index (χ4n) is 3.15. The topological polar surface area (TPSA) is 58.8 Å². The lowest BCUT2D eigenvalue weighted by atomic mass is 9.80. The number of hydrogen-bond donors (Lipinski definition) is 1. The zero-order valence-corrected chi connectivity index (χ0v) is 16.6. The quantitative estimate of drug-likeness (QED) is 0.837. The number of hydrogen-bond acceptors (Lipinski definition) is 4. The number of likely N-dealkylation sites (tertiary alicyclic amines) is 1. The largest absolute Gasteiger partial charge is 0.494 e. The second-order valence-corrected chi connectivity index (χ2v) is 7.42. The van der Waals surface area contributed by atoms with Crippen LogP contribution in [0.5, 0.6) is 5.75 Å². The van der Waals surface area contributed by atoms with Crippen LogP contribution in [0.2, 0.25) is 0 Å². The van der Waals surface area contributed by atoms with Gasteiger partial charge in [-0.1, -0.05) is 26.0 Å². The molecule has 0 aliphatic carbocycles. The molecule has 0 spiro atoms. The lowest BCUT2D eigenvalue weighted by Crippen LogP contribution is -2.54. The van der Waals surface area contributed by atoms with Crippen molar-refractivity contribution in [1.29, 1.82) is 0 Å². The molecule has 0 radical (unpaired) electrons. The minimum absolute atomic E-state index is 0. The third kappa shape index (κ3) is 6.17. The van der Waals surface area contributed by atoms with Gasteiger partial charge < -0.3 is 15.4 Å². The van der Waals surface area contributed by atoms with Crippen molar-refractivity contribution in [3.8, 4) is 5.75 Å². The zero-order valence-electron chi connectivity index (χ0n) is 15.8. The minimum Gasteiger partial charge on any atom is -0.494 e. The van der Waals surface area contributed by atoms with Crippen LogP contribution in [-0.4, -0.2) is 55.0 Å². The Morgan fingerprint density at radius 2 is 2.00 bits per heavy atom. The SMILES string of the molecule is CCOc1ccc(CN(C)C(=O)CN2CCC(N)C(C)(C)C2)cc1.Cl. The van der Waals surface area contributed by atoms with Crippen LogP contribution in [0, 0.1) is 5.41 Å². The summed E-state index contributed by atoms with van der Waals surface area (Å²) in [4.78, 5) is 16.5. The van der Waals surface area contributed by atoms with Gasteiger partial charge in [-0.2, -0.15) is 0 Å². The van der Waals surface area contributed by atoms with Crippen molar-refractivity contribution in [3.63, 3.8) is 0 Å². The molecule has 0 saturated carbocycles. The van der Waals surface area contributed by atoms with Gasteiger partial charge in [-0.05, 0) is 36.5 Å². The van der Waals surface area contributed by atoms with E-state index in [0.717, 1.165) is 30.8 Å². The summed E-state index contributed by atoms with van der Waals surface area (Å²) in [5.41, 5.74) is 7.34. The standard InChI is InChI=1S/C19H31N3O2.ClH/c1-5-24-16-8-6-15(7-9-16)12-21(4)18(23)13-22-11-10-17(20)19(2,3)14-22;/h6-9,17H,5,10-14,20H2,1-4H3;1H. The summed E-state index contributed by atoms with van der Waals surface area (Å²) in [5.74, 6) is 1.01. The molecular weight excluding hydrogens is 338 g/mol. The fourth-order valence-corrected chi connectivity index (χ4v) is 3.15. The van der Waals surface area contributed by atoms with Gasteiger partial charge in [0.15, 0.2) is 0 Å². The van der Waals surface area contributed by atoms with E-state index in [1.807, 2.05) is 38.2 Å². The van der Waals surface area contributed by atoms with Crippen molar-refractivity contribution in [2.24, 2.45) is 11.1 Å². The van der Waals surface area contributed by atoms with E-state index >= 15 is 0 Å². The molecule has 1 amide bonds. The van der Waals surface area contributed by atoms with Crippen LogP contribution in [0.25, 0.3) is 0 Å².